The van der Waals surface area contributed by atoms with Gasteiger partial charge in [0.1, 0.15) is 5.02 Å². The first-order chi connectivity index (χ1) is 8.00. The summed E-state index contributed by atoms with van der Waals surface area (Å²) in [6.45, 7) is 0. The highest BCUT2D eigenvalue weighted by Gasteiger charge is 2.11. The fourth-order valence-electron chi connectivity index (χ4n) is 1.38. The molecular weight excluding hydrogens is 304 g/mol. The van der Waals surface area contributed by atoms with Crippen LogP contribution < -0.4 is 5.43 Å². The van der Waals surface area contributed by atoms with Gasteiger partial charge in [0.05, 0.1) is 15.1 Å². The molecular formula is C11H5Cl4NO. The van der Waals surface area contributed by atoms with Crippen LogP contribution in [0.25, 0.3) is 11.1 Å². The zero-order chi connectivity index (χ0) is 12.6. The van der Waals surface area contributed by atoms with Crippen LogP contribution in [0, 0.1) is 0 Å². The molecule has 0 saturated carbocycles. The highest BCUT2D eigenvalue weighted by atomic mass is 35.5. The van der Waals surface area contributed by atoms with E-state index < -0.39 is 0 Å². The van der Waals surface area contributed by atoms with E-state index in [1.54, 1.807) is 12.1 Å². The lowest BCUT2D eigenvalue weighted by Gasteiger charge is -2.05. The lowest BCUT2D eigenvalue weighted by molar-refractivity contribution is 1.30. The number of aromatic amines is 1. The Labute approximate surface area is 117 Å². The Hall–Kier alpha value is -0.670. The molecule has 0 bridgehead atoms. The number of halogens is 4. The standard InChI is InChI=1S/C11H5Cl4NO/c12-7-1-5(2-8(13)10(7)15)6-3-16-4-9(14)11(6)17/h1-4H,(H,16,17). The number of hydrogen-bond donors (Lipinski definition) is 1. The highest BCUT2D eigenvalue weighted by molar-refractivity contribution is 6.48. The normalized spacial score (nSPS) is 10.6. The van der Waals surface area contributed by atoms with Gasteiger partial charge < -0.3 is 4.98 Å². The molecule has 0 aliphatic rings. The molecule has 1 N–H and O–H groups in total. The SMILES string of the molecule is O=c1c(Cl)c[nH]cc1-c1cc(Cl)c(Cl)c(Cl)c1. The van der Waals surface area contributed by atoms with E-state index in [1.165, 1.54) is 12.4 Å². The van der Waals surface area contributed by atoms with Crippen LogP contribution in [0.15, 0.2) is 29.3 Å². The quantitative estimate of drug-likeness (QED) is 0.764. The van der Waals surface area contributed by atoms with Crippen LogP contribution >= 0.6 is 46.4 Å². The van der Waals surface area contributed by atoms with Crippen LogP contribution in [0.1, 0.15) is 0 Å². The van der Waals surface area contributed by atoms with E-state index in [1.807, 2.05) is 0 Å². The van der Waals surface area contributed by atoms with Crippen LogP contribution in [0.3, 0.4) is 0 Å². The molecule has 0 unspecified atom stereocenters. The highest BCUT2D eigenvalue weighted by Crippen LogP contribution is 2.34. The first kappa shape index (κ1) is 12.8. The third-order valence-electron chi connectivity index (χ3n) is 2.19. The van der Waals surface area contributed by atoms with Gasteiger partial charge in [-0.15, -0.1) is 0 Å². The van der Waals surface area contributed by atoms with E-state index >= 15 is 0 Å². The summed E-state index contributed by atoms with van der Waals surface area (Å²) in [7, 11) is 0. The van der Waals surface area contributed by atoms with Crippen molar-refractivity contribution in [2.45, 2.75) is 0 Å². The van der Waals surface area contributed by atoms with Crippen LogP contribution in [0.4, 0.5) is 0 Å². The zero-order valence-corrected chi connectivity index (χ0v) is 11.3. The lowest BCUT2D eigenvalue weighted by atomic mass is 10.1. The minimum Gasteiger partial charge on any atom is -0.366 e. The smallest absolute Gasteiger partial charge is 0.207 e. The molecule has 2 nitrogen and oxygen atoms in total. The molecule has 0 saturated heterocycles. The van der Waals surface area contributed by atoms with Crippen molar-refractivity contribution in [3.8, 4) is 11.1 Å². The number of hydrogen-bond acceptors (Lipinski definition) is 1. The summed E-state index contributed by atoms with van der Waals surface area (Å²) in [5.74, 6) is 0. The van der Waals surface area contributed by atoms with Crippen molar-refractivity contribution in [2.24, 2.45) is 0 Å². The average molecular weight is 309 g/mol. The molecule has 0 spiro atoms. The fraction of sp³-hybridized carbons (Fsp3) is 0. The predicted molar refractivity (Wildman–Crippen MR) is 72.5 cm³/mol. The number of aromatic nitrogens is 1. The Kier molecular flexibility index (Phi) is 3.69. The summed E-state index contributed by atoms with van der Waals surface area (Å²) in [5.41, 5.74) is 0.658. The Morgan fingerprint density at radius 2 is 1.47 bits per heavy atom. The number of pyridine rings is 1. The Morgan fingerprint density at radius 3 is 2.06 bits per heavy atom. The van der Waals surface area contributed by atoms with Gasteiger partial charge >= 0.3 is 0 Å². The van der Waals surface area contributed by atoms with Crippen LogP contribution in [0.5, 0.6) is 0 Å². The van der Waals surface area contributed by atoms with E-state index in [2.05, 4.69) is 4.98 Å². The summed E-state index contributed by atoms with van der Waals surface area (Å²) in [5, 5.41) is 0.933. The molecule has 2 rings (SSSR count). The van der Waals surface area contributed by atoms with Crippen LogP contribution in [0.2, 0.25) is 20.1 Å². The zero-order valence-electron chi connectivity index (χ0n) is 8.23. The van der Waals surface area contributed by atoms with E-state index in [4.69, 9.17) is 46.4 Å². The van der Waals surface area contributed by atoms with Gasteiger partial charge in [0.15, 0.2) is 0 Å². The lowest BCUT2D eigenvalue weighted by Crippen LogP contribution is -2.05. The second kappa shape index (κ2) is 4.91. The second-order valence-electron chi connectivity index (χ2n) is 3.30. The predicted octanol–water partition coefficient (Wildman–Crippen LogP) is 4.66. The van der Waals surface area contributed by atoms with Crippen LogP contribution in [-0.2, 0) is 0 Å². The maximum atomic E-state index is 11.8. The maximum absolute atomic E-state index is 11.8. The minimum absolute atomic E-state index is 0.102. The van der Waals surface area contributed by atoms with Gasteiger partial charge in [-0.05, 0) is 17.7 Å². The number of benzene rings is 1. The van der Waals surface area contributed by atoms with Gasteiger partial charge in [-0.3, -0.25) is 4.79 Å². The van der Waals surface area contributed by atoms with Gasteiger partial charge in [-0.1, -0.05) is 46.4 Å². The topological polar surface area (TPSA) is 32.9 Å². The molecule has 0 aliphatic heterocycles. The molecule has 2 aromatic rings. The molecule has 0 aliphatic carbocycles. The van der Waals surface area contributed by atoms with Crippen LogP contribution in [-0.4, -0.2) is 4.98 Å². The molecule has 17 heavy (non-hydrogen) atoms. The van der Waals surface area contributed by atoms with Crippen molar-refractivity contribution in [2.75, 3.05) is 0 Å². The van der Waals surface area contributed by atoms with Crippen molar-refractivity contribution < 1.29 is 0 Å². The van der Waals surface area contributed by atoms with Gasteiger partial charge in [0, 0.05) is 18.0 Å². The molecule has 88 valence electrons. The van der Waals surface area contributed by atoms with Gasteiger partial charge in [0.25, 0.3) is 0 Å². The summed E-state index contributed by atoms with van der Waals surface area (Å²) in [6, 6.07) is 3.13. The Morgan fingerprint density at radius 1 is 0.882 bits per heavy atom. The van der Waals surface area contributed by atoms with Crippen molar-refractivity contribution in [3.63, 3.8) is 0 Å². The largest absolute Gasteiger partial charge is 0.366 e. The van der Waals surface area contributed by atoms with E-state index in [9.17, 15) is 4.79 Å². The molecule has 1 aromatic heterocycles. The molecule has 0 amide bonds. The molecule has 0 radical (unpaired) electrons. The number of rotatable bonds is 1. The van der Waals surface area contributed by atoms with E-state index in [0.717, 1.165) is 0 Å². The van der Waals surface area contributed by atoms with Crippen molar-refractivity contribution in [3.05, 3.63) is 54.8 Å². The third kappa shape index (κ3) is 2.45. The summed E-state index contributed by atoms with van der Waals surface area (Å²) < 4.78 is 0. The molecule has 0 atom stereocenters. The van der Waals surface area contributed by atoms with Crippen molar-refractivity contribution in [1.82, 2.24) is 4.98 Å². The monoisotopic (exact) mass is 307 g/mol. The fourth-order valence-corrected chi connectivity index (χ4v) is 2.14. The summed E-state index contributed by atoms with van der Waals surface area (Å²) in [4.78, 5) is 14.6. The first-order valence-corrected chi connectivity index (χ1v) is 6.03. The molecule has 6 heteroatoms. The molecule has 0 fully saturated rings. The van der Waals surface area contributed by atoms with Crippen molar-refractivity contribution >= 4 is 46.4 Å². The third-order valence-corrected chi connectivity index (χ3v) is 3.67. The summed E-state index contributed by atoms with van der Waals surface area (Å²) >= 11 is 23.4. The van der Waals surface area contributed by atoms with E-state index in [-0.39, 0.29) is 25.5 Å². The summed E-state index contributed by atoms with van der Waals surface area (Å²) in [6.07, 6.45) is 2.94. The number of H-pyrrole nitrogens is 1. The second-order valence-corrected chi connectivity index (χ2v) is 4.90. The van der Waals surface area contributed by atoms with Gasteiger partial charge in [0.2, 0.25) is 5.43 Å². The maximum Gasteiger partial charge on any atom is 0.207 e. The Bertz CT molecular complexity index is 613. The average Bonchev–Trinajstić information content (AvgIpc) is 2.29. The molecule has 1 heterocycles. The van der Waals surface area contributed by atoms with Gasteiger partial charge in [-0.2, -0.15) is 0 Å². The Balaban J connectivity index is 2.70. The van der Waals surface area contributed by atoms with Gasteiger partial charge in [-0.25, -0.2) is 0 Å². The number of nitrogens with one attached hydrogen (secondary N) is 1. The molecule has 1 aromatic carbocycles. The van der Waals surface area contributed by atoms with Crippen molar-refractivity contribution in [1.29, 1.82) is 0 Å². The minimum atomic E-state index is -0.292. The first-order valence-electron chi connectivity index (χ1n) is 4.52. The van der Waals surface area contributed by atoms with E-state index in [0.29, 0.717) is 11.1 Å².